The lowest BCUT2D eigenvalue weighted by Crippen LogP contribution is -2.41. The number of rotatable bonds is 5. The molecule has 1 heterocycles. The SMILES string of the molecule is O=C(N[C@H]1C[C@@H](C(=O)O)[C@@H]2C[C@@H]21)C1CCC(Nc2ccccn2)CC1.O=C(O)C(F)(F)F. The Morgan fingerprint density at radius 1 is 1.00 bits per heavy atom. The molecule has 3 fully saturated rings. The predicted octanol–water partition coefficient (Wildman–Crippen LogP) is 2.91. The molecule has 0 spiro atoms. The number of fused-ring (bicyclic) bond motifs is 1. The standard InChI is InChI=1S/C19H25N3O3.C2HF3O2/c23-18(22-16-10-15(19(24)25)13-9-14(13)16)11-4-6-12(7-5-11)21-17-3-1-2-8-20-17;3-2(4,5)1(6)7/h1-3,8,11-16H,4-7,9-10H2,(H,20,21)(H,22,23)(H,24,25);(H,6,7)/t11?,12?,13-,14+,15-,16+;/m1./s1. The van der Waals surface area contributed by atoms with Crippen LogP contribution in [0.1, 0.15) is 38.5 Å². The summed E-state index contributed by atoms with van der Waals surface area (Å²) in [4.78, 5) is 37.0. The van der Waals surface area contributed by atoms with Gasteiger partial charge in [0.25, 0.3) is 0 Å². The number of aliphatic carboxylic acids is 2. The number of alkyl halides is 3. The van der Waals surface area contributed by atoms with Crippen LogP contribution in [0.3, 0.4) is 0 Å². The Kier molecular flexibility index (Phi) is 7.25. The highest BCUT2D eigenvalue weighted by molar-refractivity contribution is 5.79. The zero-order chi connectivity index (χ0) is 23.5. The number of nitrogens with one attached hydrogen (secondary N) is 2. The summed E-state index contributed by atoms with van der Waals surface area (Å²) < 4.78 is 31.7. The van der Waals surface area contributed by atoms with Gasteiger partial charge in [-0.25, -0.2) is 9.78 Å². The molecule has 32 heavy (non-hydrogen) atoms. The lowest BCUT2D eigenvalue weighted by Gasteiger charge is -2.29. The first-order valence-electron chi connectivity index (χ1n) is 10.6. The molecule has 176 valence electrons. The largest absolute Gasteiger partial charge is 0.490 e. The lowest BCUT2D eigenvalue weighted by atomic mass is 9.85. The molecule has 3 aliphatic rings. The fourth-order valence-electron chi connectivity index (χ4n) is 4.69. The fourth-order valence-corrected chi connectivity index (χ4v) is 4.69. The first kappa shape index (κ1) is 23.8. The van der Waals surface area contributed by atoms with E-state index in [1.807, 2.05) is 18.2 Å². The van der Waals surface area contributed by atoms with E-state index in [0.29, 0.717) is 24.3 Å². The maximum absolute atomic E-state index is 12.6. The maximum atomic E-state index is 12.6. The van der Waals surface area contributed by atoms with Gasteiger partial charge in [-0.2, -0.15) is 13.2 Å². The third-order valence-corrected chi connectivity index (χ3v) is 6.43. The number of amides is 1. The lowest BCUT2D eigenvalue weighted by molar-refractivity contribution is -0.192. The molecule has 8 nitrogen and oxygen atoms in total. The van der Waals surface area contributed by atoms with E-state index in [1.54, 1.807) is 6.20 Å². The summed E-state index contributed by atoms with van der Waals surface area (Å²) in [5, 5.41) is 23.0. The highest BCUT2D eigenvalue weighted by Gasteiger charge is 2.57. The monoisotopic (exact) mass is 457 g/mol. The highest BCUT2D eigenvalue weighted by atomic mass is 19.4. The van der Waals surface area contributed by atoms with Crippen LogP contribution in [-0.2, 0) is 14.4 Å². The molecule has 3 aliphatic carbocycles. The summed E-state index contributed by atoms with van der Waals surface area (Å²) in [6, 6.07) is 6.27. The molecule has 4 N–H and O–H groups in total. The second kappa shape index (κ2) is 9.74. The zero-order valence-electron chi connectivity index (χ0n) is 17.2. The fraction of sp³-hybridized carbons (Fsp3) is 0.619. The van der Waals surface area contributed by atoms with Crippen LogP contribution in [-0.4, -0.2) is 51.3 Å². The summed E-state index contributed by atoms with van der Waals surface area (Å²) in [5.41, 5.74) is 0. The van der Waals surface area contributed by atoms with Crippen molar-refractivity contribution in [3.05, 3.63) is 24.4 Å². The second-order valence-corrected chi connectivity index (χ2v) is 8.57. The van der Waals surface area contributed by atoms with Gasteiger partial charge in [0.05, 0.1) is 5.92 Å². The number of nitrogens with zero attached hydrogens (tertiary/aromatic N) is 1. The first-order chi connectivity index (χ1) is 15.1. The van der Waals surface area contributed by atoms with E-state index >= 15 is 0 Å². The van der Waals surface area contributed by atoms with E-state index in [2.05, 4.69) is 15.6 Å². The predicted molar refractivity (Wildman–Crippen MR) is 107 cm³/mol. The summed E-state index contributed by atoms with van der Waals surface area (Å²) in [7, 11) is 0. The van der Waals surface area contributed by atoms with E-state index in [4.69, 9.17) is 9.90 Å². The average molecular weight is 457 g/mol. The molecule has 0 aromatic carbocycles. The molecule has 0 saturated heterocycles. The molecule has 4 rings (SSSR count). The Morgan fingerprint density at radius 2 is 1.66 bits per heavy atom. The Balaban J connectivity index is 0.000000360. The number of aromatic nitrogens is 1. The minimum Gasteiger partial charge on any atom is -0.481 e. The molecule has 11 heteroatoms. The van der Waals surface area contributed by atoms with Gasteiger partial charge in [-0.3, -0.25) is 9.59 Å². The number of carboxylic acids is 2. The van der Waals surface area contributed by atoms with Gasteiger partial charge in [-0.15, -0.1) is 0 Å². The number of hydrogen-bond donors (Lipinski definition) is 4. The summed E-state index contributed by atoms with van der Waals surface area (Å²) in [5.74, 6) is -1.96. The molecule has 1 aromatic rings. The van der Waals surface area contributed by atoms with Gasteiger partial charge in [-0.1, -0.05) is 6.07 Å². The van der Waals surface area contributed by atoms with Crippen molar-refractivity contribution < 1.29 is 37.8 Å². The molecular weight excluding hydrogens is 431 g/mol. The smallest absolute Gasteiger partial charge is 0.481 e. The molecule has 0 bridgehead atoms. The third kappa shape index (κ3) is 6.10. The molecule has 4 atom stereocenters. The van der Waals surface area contributed by atoms with Gasteiger partial charge in [0.2, 0.25) is 5.91 Å². The number of carbonyl (C=O) groups excluding carboxylic acids is 1. The van der Waals surface area contributed by atoms with Crippen molar-refractivity contribution in [2.24, 2.45) is 23.7 Å². The topological polar surface area (TPSA) is 129 Å². The van der Waals surface area contributed by atoms with Gasteiger partial charge in [0.15, 0.2) is 0 Å². The number of pyridine rings is 1. The van der Waals surface area contributed by atoms with E-state index in [0.717, 1.165) is 37.9 Å². The van der Waals surface area contributed by atoms with E-state index in [-0.39, 0.29) is 23.8 Å². The Hall–Kier alpha value is -2.85. The molecule has 0 unspecified atom stereocenters. The number of halogens is 3. The Bertz CT molecular complexity index is 828. The van der Waals surface area contributed by atoms with Crippen LogP contribution in [0.15, 0.2) is 24.4 Å². The summed E-state index contributed by atoms with van der Waals surface area (Å²) in [6.45, 7) is 0. The third-order valence-electron chi connectivity index (χ3n) is 6.43. The summed E-state index contributed by atoms with van der Waals surface area (Å²) in [6.07, 6.45) is 1.93. The molecule has 0 aliphatic heterocycles. The van der Waals surface area contributed by atoms with E-state index in [9.17, 15) is 27.9 Å². The summed E-state index contributed by atoms with van der Waals surface area (Å²) >= 11 is 0. The number of carbonyl (C=O) groups is 3. The average Bonchev–Trinajstić information content (AvgIpc) is 3.45. The number of anilines is 1. The van der Waals surface area contributed by atoms with Crippen LogP contribution in [0.4, 0.5) is 19.0 Å². The molecule has 1 amide bonds. The van der Waals surface area contributed by atoms with E-state index in [1.165, 1.54) is 0 Å². The minimum absolute atomic E-state index is 0.0582. The van der Waals surface area contributed by atoms with Crippen LogP contribution >= 0.6 is 0 Å². The second-order valence-electron chi connectivity index (χ2n) is 8.57. The molecular formula is C21H26F3N3O5. The van der Waals surface area contributed by atoms with Crippen LogP contribution < -0.4 is 10.6 Å². The number of hydrogen-bond acceptors (Lipinski definition) is 5. The normalized spacial score (nSPS) is 30.8. The van der Waals surface area contributed by atoms with Crippen LogP contribution in [0.5, 0.6) is 0 Å². The van der Waals surface area contributed by atoms with Crippen LogP contribution in [0.2, 0.25) is 0 Å². The Labute approximate surface area is 182 Å². The van der Waals surface area contributed by atoms with Gasteiger partial charge in [0, 0.05) is 24.2 Å². The molecule has 1 aromatic heterocycles. The van der Waals surface area contributed by atoms with Crippen molar-refractivity contribution in [2.75, 3.05) is 5.32 Å². The van der Waals surface area contributed by atoms with Gasteiger partial charge in [-0.05, 0) is 62.5 Å². The quantitative estimate of drug-likeness (QED) is 0.535. The van der Waals surface area contributed by atoms with Crippen molar-refractivity contribution in [2.45, 2.75) is 56.8 Å². The Morgan fingerprint density at radius 3 is 2.16 bits per heavy atom. The van der Waals surface area contributed by atoms with Crippen molar-refractivity contribution in [1.82, 2.24) is 10.3 Å². The first-order valence-corrected chi connectivity index (χ1v) is 10.6. The minimum atomic E-state index is -5.08. The van der Waals surface area contributed by atoms with Crippen LogP contribution in [0, 0.1) is 23.7 Å². The van der Waals surface area contributed by atoms with Gasteiger partial charge >= 0.3 is 18.1 Å². The van der Waals surface area contributed by atoms with Crippen molar-refractivity contribution in [3.63, 3.8) is 0 Å². The maximum Gasteiger partial charge on any atom is 0.490 e. The van der Waals surface area contributed by atoms with Crippen molar-refractivity contribution >= 4 is 23.7 Å². The van der Waals surface area contributed by atoms with Gasteiger partial charge in [0.1, 0.15) is 5.82 Å². The highest BCUT2D eigenvalue weighted by Crippen LogP contribution is 2.55. The zero-order valence-corrected chi connectivity index (χ0v) is 17.2. The molecule has 0 radical (unpaired) electrons. The van der Waals surface area contributed by atoms with Crippen molar-refractivity contribution in [1.29, 1.82) is 0 Å². The van der Waals surface area contributed by atoms with E-state index < -0.39 is 18.1 Å². The molecule has 3 saturated carbocycles. The van der Waals surface area contributed by atoms with Crippen LogP contribution in [0.25, 0.3) is 0 Å². The van der Waals surface area contributed by atoms with Crippen molar-refractivity contribution in [3.8, 4) is 0 Å². The van der Waals surface area contributed by atoms with Gasteiger partial charge < -0.3 is 20.8 Å². The number of carboxylic acid groups (broad SMARTS) is 2.